The number of ether oxygens (including phenoxy) is 2. The third-order valence-corrected chi connectivity index (χ3v) is 4.70. The molecule has 132 valence electrons. The van der Waals surface area contributed by atoms with Crippen LogP contribution in [0, 0.1) is 0 Å². The summed E-state index contributed by atoms with van der Waals surface area (Å²) in [5.74, 6) is 1.36. The number of carbonyl (C=O) groups is 1. The Morgan fingerprint density at radius 2 is 2.00 bits per heavy atom. The number of carbonyl (C=O) groups excluding carboxylic acids is 1. The zero-order valence-electron chi connectivity index (χ0n) is 14.4. The predicted molar refractivity (Wildman–Crippen MR) is 95.5 cm³/mol. The molecule has 1 aromatic heterocycles. The molecule has 1 aliphatic heterocycles. The Kier molecular flexibility index (Phi) is 5.56. The number of rotatable bonds is 6. The molecule has 0 aliphatic carbocycles. The van der Waals surface area contributed by atoms with Crippen LogP contribution in [-0.2, 0) is 14.9 Å². The Morgan fingerprint density at radius 3 is 2.64 bits per heavy atom. The van der Waals surface area contributed by atoms with Crippen molar-refractivity contribution in [3.8, 4) is 5.75 Å². The van der Waals surface area contributed by atoms with Gasteiger partial charge in [0.15, 0.2) is 0 Å². The highest BCUT2D eigenvalue weighted by Crippen LogP contribution is 2.35. The van der Waals surface area contributed by atoms with Crippen LogP contribution in [0.15, 0.2) is 53.2 Å². The second kappa shape index (κ2) is 8.03. The van der Waals surface area contributed by atoms with Gasteiger partial charge in [-0.15, -0.1) is 0 Å². The van der Waals surface area contributed by atoms with Crippen LogP contribution in [0.1, 0.15) is 24.2 Å². The van der Waals surface area contributed by atoms with Crippen molar-refractivity contribution >= 4 is 12.0 Å². The standard InChI is InChI=1S/C20H23NO4/c1-23-17-6-4-16(5-7-17)20(10-13-24-14-11-20)15-21-19(22)9-8-18-3-2-12-25-18/h2-9,12H,10-11,13-15H2,1H3,(H,21,22). The fourth-order valence-electron chi connectivity index (χ4n) is 3.13. The second-order valence-corrected chi connectivity index (χ2v) is 6.19. The third-order valence-electron chi connectivity index (χ3n) is 4.70. The molecule has 1 amide bonds. The summed E-state index contributed by atoms with van der Waals surface area (Å²) in [6.45, 7) is 1.97. The van der Waals surface area contributed by atoms with Crippen LogP contribution in [0.2, 0.25) is 0 Å². The zero-order valence-corrected chi connectivity index (χ0v) is 14.4. The van der Waals surface area contributed by atoms with Crippen LogP contribution in [0.4, 0.5) is 0 Å². The molecule has 0 unspecified atom stereocenters. The van der Waals surface area contributed by atoms with E-state index >= 15 is 0 Å². The van der Waals surface area contributed by atoms with E-state index in [2.05, 4.69) is 17.4 Å². The van der Waals surface area contributed by atoms with Crippen molar-refractivity contribution < 1.29 is 18.7 Å². The lowest BCUT2D eigenvalue weighted by Crippen LogP contribution is -2.44. The molecule has 0 radical (unpaired) electrons. The van der Waals surface area contributed by atoms with Crippen LogP contribution in [0.25, 0.3) is 6.08 Å². The van der Waals surface area contributed by atoms with E-state index in [1.807, 2.05) is 12.1 Å². The van der Waals surface area contributed by atoms with E-state index in [0.717, 1.165) is 18.6 Å². The van der Waals surface area contributed by atoms with E-state index in [1.165, 1.54) is 11.6 Å². The maximum Gasteiger partial charge on any atom is 0.244 e. The van der Waals surface area contributed by atoms with Crippen molar-refractivity contribution in [2.75, 3.05) is 26.9 Å². The monoisotopic (exact) mass is 341 g/mol. The first-order valence-electron chi connectivity index (χ1n) is 8.44. The van der Waals surface area contributed by atoms with Gasteiger partial charge in [-0.05, 0) is 48.7 Å². The molecule has 3 rings (SSSR count). The second-order valence-electron chi connectivity index (χ2n) is 6.19. The third kappa shape index (κ3) is 4.31. The van der Waals surface area contributed by atoms with Gasteiger partial charge in [0, 0.05) is 31.2 Å². The van der Waals surface area contributed by atoms with Crippen LogP contribution in [-0.4, -0.2) is 32.8 Å². The molecule has 1 saturated heterocycles. The van der Waals surface area contributed by atoms with Crippen LogP contribution < -0.4 is 10.1 Å². The van der Waals surface area contributed by atoms with Gasteiger partial charge >= 0.3 is 0 Å². The summed E-state index contributed by atoms with van der Waals surface area (Å²) in [5.41, 5.74) is 1.09. The van der Waals surface area contributed by atoms with Crippen molar-refractivity contribution in [1.82, 2.24) is 5.32 Å². The largest absolute Gasteiger partial charge is 0.497 e. The molecule has 1 fully saturated rings. The van der Waals surface area contributed by atoms with Crippen molar-refractivity contribution in [2.45, 2.75) is 18.3 Å². The molecular weight excluding hydrogens is 318 g/mol. The summed E-state index contributed by atoms with van der Waals surface area (Å²) in [5, 5.41) is 3.03. The van der Waals surface area contributed by atoms with Gasteiger partial charge in [0.25, 0.3) is 0 Å². The highest BCUT2D eigenvalue weighted by molar-refractivity contribution is 5.91. The Morgan fingerprint density at radius 1 is 1.24 bits per heavy atom. The number of nitrogens with one attached hydrogen (secondary N) is 1. The lowest BCUT2D eigenvalue weighted by molar-refractivity contribution is -0.116. The molecule has 0 atom stereocenters. The fourth-order valence-corrected chi connectivity index (χ4v) is 3.13. The lowest BCUT2D eigenvalue weighted by Gasteiger charge is -2.38. The van der Waals surface area contributed by atoms with Gasteiger partial charge < -0.3 is 19.2 Å². The molecule has 2 aromatic rings. The quantitative estimate of drug-likeness (QED) is 0.820. The first-order valence-corrected chi connectivity index (χ1v) is 8.44. The van der Waals surface area contributed by atoms with Gasteiger partial charge in [-0.25, -0.2) is 0 Å². The van der Waals surface area contributed by atoms with Gasteiger partial charge in [0.2, 0.25) is 5.91 Å². The topological polar surface area (TPSA) is 60.7 Å². The van der Waals surface area contributed by atoms with Crippen molar-refractivity contribution in [3.63, 3.8) is 0 Å². The van der Waals surface area contributed by atoms with E-state index in [0.29, 0.717) is 25.5 Å². The number of benzene rings is 1. The van der Waals surface area contributed by atoms with E-state index < -0.39 is 0 Å². The van der Waals surface area contributed by atoms with Crippen LogP contribution >= 0.6 is 0 Å². The molecular formula is C20H23NO4. The van der Waals surface area contributed by atoms with E-state index in [9.17, 15) is 4.79 Å². The maximum atomic E-state index is 12.2. The van der Waals surface area contributed by atoms with Gasteiger partial charge in [0.05, 0.1) is 13.4 Å². The van der Waals surface area contributed by atoms with E-state index in [1.54, 1.807) is 31.6 Å². The first kappa shape index (κ1) is 17.3. The summed E-state index contributed by atoms with van der Waals surface area (Å²) in [7, 11) is 1.66. The highest BCUT2D eigenvalue weighted by atomic mass is 16.5. The number of furan rings is 1. The molecule has 1 N–H and O–H groups in total. The molecule has 0 spiro atoms. The molecule has 0 saturated carbocycles. The summed E-state index contributed by atoms with van der Waals surface area (Å²) in [4.78, 5) is 12.2. The van der Waals surface area contributed by atoms with Crippen LogP contribution in [0.5, 0.6) is 5.75 Å². The summed E-state index contributed by atoms with van der Waals surface area (Å²) in [6.07, 6.45) is 6.50. The average Bonchev–Trinajstić information content (AvgIpc) is 3.19. The van der Waals surface area contributed by atoms with E-state index in [-0.39, 0.29) is 11.3 Å². The smallest absolute Gasteiger partial charge is 0.244 e. The molecule has 1 aliphatic rings. The summed E-state index contributed by atoms with van der Waals surface area (Å²) in [6, 6.07) is 11.7. The molecule has 0 bridgehead atoms. The van der Waals surface area contributed by atoms with Crippen molar-refractivity contribution in [3.05, 3.63) is 60.1 Å². The molecule has 5 heteroatoms. The first-order chi connectivity index (χ1) is 12.2. The number of methoxy groups -OCH3 is 1. The Balaban J connectivity index is 1.68. The number of amides is 1. The molecule has 25 heavy (non-hydrogen) atoms. The van der Waals surface area contributed by atoms with Crippen molar-refractivity contribution in [2.24, 2.45) is 0 Å². The number of hydrogen-bond acceptors (Lipinski definition) is 4. The Bertz CT molecular complexity index is 698. The van der Waals surface area contributed by atoms with Gasteiger partial charge in [-0.1, -0.05) is 12.1 Å². The minimum Gasteiger partial charge on any atom is -0.497 e. The molecule has 1 aromatic carbocycles. The van der Waals surface area contributed by atoms with Gasteiger partial charge in [0.1, 0.15) is 11.5 Å². The van der Waals surface area contributed by atoms with Gasteiger partial charge in [-0.3, -0.25) is 4.79 Å². The SMILES string of the molecule is COc1ccc(C2(CNC(=O)C=Cc3ccco3)CCOCC2)cc1. The Hall–Kier alpha value is -2.53. The van der Waals surface area contributed by atoms with E-state index in [4.69, 9.17) is 13.9 Å². The zero-order chi connectivity index (χ0) is 17.5. The molecule has 5 nitrogen and oxygen atoms in total. The normalized spacial score (nSPS) is 16.7. The highest BCUT2D eigenvalue weighted by Gasteiger charge is 2.34. The predicted octanol–water partition coefficient (Wildman–Crippen LogP) is 3.17. The number of hydrogen-bond donors (Lipinski definition) is 1. The lowest BCUT2D eigenvalue weighted by atomic mass is 9.74. The Labute approximate surface area is 147 Å². The molecule has 2 heterocycles. The summed E-state index contributed by atoms with van der Waals surface area (Å²) < 4.78 is 16.0. The maximum absolute atomic E-state index is 12.2. The average molecular weight is 341 g/mol. The minimum absolute atomic E-state index is 0.112. The minimum atomic E-state index is -0.129. The van der Waals surface area contributed by atoms with Crippen molar-refractivity contribution in [1.29, 1.82) is 0 Å². The van der Waals surface area contributed by atoms with Gasteiger partial charge in [-0.2, -0.15) is 0 Å². The summed E-state index contributed by atoms with van der Waals surface area (Å²) >= 11 is 0. The van der Waals surface area contributed by atoms with Crippen LogP contribution in [0.3, 0.4) is 0 Å². The fraction of sp³-hybridized carbons (Fsp3) is 0.350.